The van der Waals surface area contributed by atoms with Gasteiger partial charge in [0.2, 0.25) is 0 Å². The summed E-state index contributed by atoms with van der Waals surface area (Å²) in [6.07, 6.45) is -0.202. The second-order valence-electron chi connectivity index (χ2n) is 9.36. The van der Waals surface area contributed by atoms with E-state index in [0.29, 0.717) is 16.8 Å². The highest BCUT2D eigenvalue weighted by Crippen LogP contribution is 2.37. The Balaban J connectivity index is 1.40. The van der Waals surface area contributed by atoms with Gasteiger partial charge in [-0.15, -0.1) is 0 Å². The molecule has 2 aromatic carbocycles. The van der Waals surface area contributed by atoms with Crippen molar-refractivity contribution < 1.29 is 32.0 Å². The highest BCUT2D eigenvalue weighted by atomic mass is 35.5. The van der Waals surface area contributed by atoms with Gasteiger partial charge in [-0.05, 0) is 41.5 Å². The number of nitrogens with zero attached hydrogens (tertiary/aromatic N) is 3. The number of alkyl halides is 2. The Morgan fingerprint density at radius 1 is 1.18 bits per heavy atom. The summed E-state index contributed by atoms with van der Waals surface area (Å²) in [5, 5.41) is 9.10. The van der Waals surface area contributed by atoms with E-state index >= 15 is 4.39 Å². The van der Waals surface area contributed by atoms with Crippen LogP contribution in [0.15, 0.2) is 52.9 Å². The molecule has 0 bridgehead atoms. The normalized spacial score (nSPS) is 18.9. The molecule has 206 valence electrons. The topological polar surface area (TPSA) is 110 Å². The fourth-order valence-electron chi connectivity index (χ4n) is 4.27. The second kappa shape index (κ2) is 10.4. The van der Waals surface area contributed by atoms with Crippen LogP contribution < -0.4 is 4.74 Å². The fraction of sp³-hybridized carbons (Fsp3) is 0.308. The number of pyridine rings is 1. The first-order valence-corrected chi connectivity index (χ1v) is 14.6. The SMILES string of the molecule is CS(C)(=O)=Nc1ccc(-c2ccc(-c3nc4nc(O[C@@H]5CO[C@H](CCO)C5(F)F)[nH]c4cc3Cl)c(F)c2)cc1. The molecule has 3 heterocycles. The number of hydrogen-bond donors (Lipinski definition) is 2. The van der Waals surface area contributed by atoms with Gasteiger partial charge in [-0.1, -0.05) is 29.8 Å². The Bertz CT molecular complexity index is 1650. The van der Waals surface area contributed by atoms with E-state index in [1.807, 2.05) is 0 Å². The van der Waals surface area contributed by atoms with Crippen LogP contribution in [-0.4, -0.2) is 68.1 Å². The summed E-state index contributed by atoms with van der Waals surface area (Å²) in [5.74, 6) is -3.91. The Kier molecular flexibility index (Phi) is 7.31. The third kappa shape index (κ3) is 5.74. The van der Waals surface area contributed by atoms with Gasteiger partial charge in [0.25, 0.3) is 6.01 Å². The monoisotopic (exact) mass is 580 g/mol. The molecule has 2 N–H and O–H groups in total. The molecule has 0 amide bonds. The van der Waals surface area contributed by atoms with Crippen LogP contribution in [0, 0.1) is 5.82 Å². The molecule has 39 heavy (non-hydrogen) atoms. The van der Waals surface area contributed by atoms with Crippen LogP contribution in [0.3, 0.4) is 0 Å². The number of aliphatic hydroxyl groups excluding tert-OH is 1. The van der Waals surface area contributed by atoms with Crippen molar-refractivity contribution in [3.8, 4) is 28.4 Å². The molecule has 8 nitrogen and oxygen atoms in total. The number of fused-ring (bicyclic) bond motifs is 1. The minimum absolute atomic E-state index is 0.102. The summed E-state index contributed by atoms with van der Waals surface area (Å²) in [6.45, 7) is -0.814. The highest BCUT2D eigenvalue weighted by molar-refractivity contribution is 7.92. The Morgan fingerprint density at radius 3 is 2.56 bits per heavy atom. The quantitative estimate of drug-likeness (QED) is 0.294. The van der Waals surface area contributed by atoms with Gasteiger partial charge in [-0.3, -0.25) is 0 Å². The largest absolute Gasteiger partial charge is 0.452 e. The average molecular weight is 581 g/mol. The van der Waals surface area contributed by atoms with E-state index in [4.69, 9.17) is 26.2 Å². The van der Waals surface area contributed by atoms with Crippen molar-refractivity contribution in [2.24, 2.45) is 4.36 Å². The lowest BCUT2D eigenvalue weighted by Gasteiger charge is -2.21. The molecule has 1 aliphatic rings. The van der Waals surface area contributed by atoms with Crippen LogP contribution in [0.25, 0.3) is 33.5 Å². The van der Waals surface area contributed by atoms with Gasteiger partial charge in [0.15, 0.2) is 11.8 Å². The van der Waals surface area contributed by atoms with E-state index in [2.05, 4.69) is 19.3 Å². The maximum Gasteiger partial charge on any atom is 0.312 e. The first-order valence-electron chi connectivity index (χ1n) is 11.9. The molecule has 1 fully saturated rings. The van der Waals surface area contributed by atoms with Crippen molar-refractivity contribution >= 4 is 38.2 Å². The molecule has 4 aromatic rings. The van der Waals surface area contributed by atoms with Crippen LogP contribution in [0.2, 0.25) is 5.02 Å². The first kappa shape index (κ1) is 27.4. The van der Waals surface area contributed by atoms with E-state index in [1.54, 1.807) is 42.8 Å². The molecule has 0 aliphatic carbocycles. The zero-order chi connectivity index (χ0) is 27.9. The van der Waals surface area contributed by atoms with Crippen LogP contribution in [0.4, 0.5) is 18.9 Å². The number of imidazole rings is 1. The van der Waals surface area contributed by atoms with E-state index in [1.165, 1.54) is 18.2 Å². The number of halogens is 4. The lowest BCUT2D eigenvalue weighted by molar-refractivity contribution is -0.110. The van der Waals surface area contributed by atoms with E-state index in [9.17, 15) is 13.0 Å². The molecular formula is C26H24ClF3N4O4S. The number of ether oxygens (including phenoxy) is 2. The molecule has 1 saturated heterocycles. The van der Waals surface area contributed by atoms with Gasteiger partial charge in [0.1, 0.15) is 11.9 Å². The first-order chi connectivity index (χ1) is 18.4. The predicted molar refractivity (Wildman–Crippen MR) is 143 cm³/mol. The molecule has 1 aliphatic heterocycles. The molecule has 2 atom stereocenters. The predicted octanol–water partition coefficient (Wildman–Crippen LogP) is 5.61. The van der Waals surface area contributed by atoms with Crippen molar-refractivity contribution in [3.63, 3.8) is 0 Å². The number of aromatic nitrogens is 3. The van der Waals surface area contributed by atoms with Crippen LogP contribution >= 0.6 is 11.6 Å². The number of nitrogens with one attached hydrogen (secondary N) is 1. The number of benzene rings is 2. The molecule has 0 radical (unpaired) electrons. The Hall–Kier alpha value is -3.19. The van der Waals surface area contributed by atoms with Gasteiger partial charge in [-0.2, -0.15) is 18.1 Å². The molecule has 13 heteroatoms. The van der Waals surface area contributed by atoms with Crippen LogP contribution in [0.1, 0.15) is 6.42 Å². The summed E-state index contributed by atoms with van der Waals surface area (Å²) >= 11 is 6.40. The third-order valence-electron chi connectivity index (χ3n) is 6.11. The van der Waals surface area contributed by atoms with E-state index in [-0.39, 0.29) is 41.0 Å². The highest BCUT2D eigenvalue weighted by Gasteiger charge is 2.55. The van der Waals surface area contributed by atoms with Gasteiger partial charge < -0.3 is 19.6 Å². The Morgan fingerprint density at radius 2 is 1.90 bits per heavy atom. The molecule has 5 rings (SSSR count). The lowest BCUT2D eigenvalue weighted by atomic mass is 10.0. The van der Waals surface area contributed by atoms with Crippen molar-refractivity contribution in [1.82, 2.24) is 15.0 Å². The third-order valence-corrected chi connectivity index (χ3v) is 7.05. The van der Waals surface area contributed by atoms with Gasteiger partial charge in [0.05, 0.1) is 28.5 Å². The number of hydrogen-bond acceptors (Lipinski definition) is 7. The molecule has 2 aromatic heterocycles. The van der Waals surface area contributed by atoms with E-state index in [0.717, 1.165) is 5.56 Å². The fourth-order valence-corrected chi connectivity index (χ4v) is 5.15. The van der Waals surface area contributed by atoms with Gasteiger partial charge in [-0.25, -0.2) is 13.6 Å². The summed E-state index contributed by atoms with van der Waals surface area (Å²) in [5.41, 5.74) is 2.56. The van der Waals surface area contributed by atoms with E-state index < -0.39 is 40.3 Å². The van der Waals surface area contributed by atoms with Crippen molar-refractivity contribution in [2.75, 3.05) is 25.7 Å². The van der Waals surface area contributed by atoms with Crippen LogP contribution in [0.5, 0.6) is 6.01 Å². The molecule has 0 unspecified atom stereocenters. The minimum Gasteiger partial charge on any atom is -0.452 e. The maximum atomic E-state index is 15.2. The van der Waals surface area contributed by atoms with Gasteiger partial charge in [0, 0.05) is 40.8 Å². The zero-order valence-corrected chi connectivity index (χ0v) is 22.4. The summed E-state index contributed by atoms with van der Waals surface area (Å²) < 4.78 is 70.8. The average Bonchev–Trinajstić information content (AvgIpc) is 3.37. The van der Waals surface area contributed by atoms with Gasteiger partial charge >= 0.3 is 5.92 Å². The Labute approximate surface area is 227 Å². The summed E-state index contributed by atoms with van der Waals surface area (Å²) in [6, 6.07) is 12.8. The summed E-state index contributed by atoms with van der Waals surface area (Å²) in [7, 11) is -2.30. The summed E-state index contributed by atoms with van der Waals surface area (Å²) in [4.78, 5) is 11.2. The minimum atomic E-state index is -3.33. The number of aliphatic hydroxyl groups is 1. The lowest BCUT2D eigenvalue weighted by Crippen LogP contribution is -2.42. The molecule has 0 saturated carbocycles. The zero-order valence-electron chi connectivity index (χ0n) is 20.8. The van der Waals surface area contributed by atoms with Crippen molar-refractivity contribution in [2.45, 2.75) is 24.6 Å². The molecule has 0 spiro atoms. The molecular weight excluding hydrogens is 557 g/mol. The maximum absolute atomic E-state index is 15.2. The number of H-pyrrole nitrogens is 1. The van der Waals surface area contributed by atoms with Crippen molar-refractivity contribution in [1.29, 1.82) is 0 Å². The number of aromatic amines is 1. The standard InChI is InChI=1S/C26H24ClF3N4O4S/c1-39(2,36)34-16-6-3-14(4-7-16)15-5-8-17(19(28)11-15)23-18(27)12-20-24(32-23)33-25(31-20)38-22-13-37-21(9-10-35)26(22,29)30/h3-8,11-12,21-22,35H,9-10,13H2,1-2H3,(H,31,32,33)/t21-,22-/m1/s1. The smallest absolute Gasteiger partial charge is 0.312 e. The van der Waals surface area contributed by atoms with Crippen molar-refractivity contribution in [3.05, 3.63) is 59.4 Å². The second-order valence-corrected chi connectivity index (χ2v) is 12.3. The number of rotatable bonds is 7. The van der Waals surface area contributed by atoms with Crippen LogP contribution in [-0.2, 0) is 14.5 Å².